The van der Waals surface area contributed by atoms with Crippen LogP contribution in [0.5, 0.6) is 0 Å². The lowest BCUT2D eigenvalue weighted by molar-refractivity contribution is -0.129. The van der Waals surface area contributed by atoms with Crippen molar-refractivity contribution in [3.8, 4) is 0 Å². The second-order valence-electron chi connectivity index (χ2n) is 2.73. The van der Waals surface area contributed by atoms with Crippen LogP contribution < -0.4 is 5.32 Å². The molecule has 0 saturated carbocycles. The molecule has 1 rings (SSSR count). The van der Waals surface area contributed by atoms with Crippen LogP contribution in [0.2, 0.25) is 0 Å². The topological polar surface area (TPSA) is 47.6 Å². The Balaban J connectivity index is 2.08. The monoisotopic (exact) mass is 173 g/mol. The van der Waals surface area contributed by atoms with E-state index >= 15 is 0 Å². The van der Waals surface area contributed by atoms with Gasteiger partial charge in [-0.3, -0.25) is 4.79 Å². The number of nitrogens with one attached hydrogen (secondary N) is 1. The lowest BCUT2D eigenvalue weighted by Crippen LogP contribution is -2.28. The molecule has 1 saturated heterocycles. The Morgan fingerprint density at radius 1 is 1.50 bits per heavy atom. The minimum absolute atomic E-state index is 0.00347. The SMILES string of the molecule is CCCNC(=O)CC1OCCO1. The Labute approximate surface area is 72.2 Å². The van der Waals surface area contributed by atoms with E-state index in [0.29, 0.717) is 19.6 Å². The molecule has 0 unspecified atom stereocenters. The fourth-order valence-corrected chi connectivity index (χ4v) is 1.01. The number of ether oxygens (including phenoxy) is 2. The normalized spacial score (nSPS) is 18.1. The van der Waals surface area contributed by atoms with E-state index in [1.165, 1.54) is 0 Å². The maximum absolute atomic E-state index is 11.1. The standard InChI is InChI=1S/C8H15NO3/c1-2-3-9-7(10)6-8-11-4-5-12-8/h8H,2-6H2,1H3,(H,9,10). The third-order valence-electron chi connectivity index (χ3n) is 1.62. The Bertz CT molecular complexity index is 143. The van der Waals surface area contributed by atoms with Crippen molar-refractivity contribution in [1.82, 2.24) is 5.32 Å². The van der Waals surface area contributed by atoms with E-state index in [9.17, 15) is 4.79 Å². The summed E-state index contributed by atoms with van der Waals surface area (Å²) >= 11 is 0. The molecule has 0 aliphatic carbocycles. The number of hydrogen-bond donors (Lipinski definition) is 1. The largest absolute Gasteiger partial charge is 0.356 e. The van der Waals surface area contributed by atoms with E-state index in [1.807, 2.05) is 6.92 Å². The summed E-state index contributed by atoms with van der Waals surface area (Å²) in [4.78, 5) is 11.1. The van der Waals surface area contributed by atoms with E-state index in [4.69, 9.17) is 9.47 Å². The molecule has 0 aromatic heterocycles. The molecule has 12 heavy (non-hydrogen) atoms. The molecule has 0 radical (unpaired) electrons. The van der Waals surface area contributed by atoms with E-state index < -0.39 is 0 Å². The highest BCUT2D eigenvalue weighted by Crippen LogP contribution is 2.06. The van der Waals surface area contributed by atoms with Crippen molar-refractivity contribution in [2.24, 2.45) is 0 Å². The molecule has 0 atom stereocenters. The van der Waals surface area contributed by atoms with Crippen molar-refractivity contribution in [2.75, 3.05) is 19.8 Å². The van der Waals surface area contributed by atoms with Crippen molar-refractivity contribution in [1.29, 1.82) is 0 Å². The highest BCUT2D eigenvalue weighted by molar-refractivity contribution is 5.76. The van der Waals surface area contributed by atoms with Crippen LogP contribution in [0.25, 0.3) is 0 Å². The van der Waals surface area contributed by atoms with Crippen LogP contribution in [0.1, 0.15) is 19.8 Å². The summed E-state index contributed by atoms with van der Waals surface area (Å²) < 4.78 is 10.2. The zero-order valence-corrected chi connectivity index (χ0v) is 7.34. The quantitative estimate of drug-likeness (QED) is 0.664. The lowest BCUT2D eigenvalue weighted by Gasteiger charge is -2.08. The van der Waals surface area contributed by atoms with Crippen molar-refractivity contribution in [3.05, 3.63) is 0 Å². The minimum atomic E-state index is -0.318. The molecule has 0 spiro atoms. The van der Waals surface area contributed by atoms with Gasteiger partial charge >= 0.3 is 0 Å². The molecule has 1 fully saturated rings. The summed E-state index contributed by atoms with van der Waals surface area (Å²) in [6.07, 6.45) is 0.958. The van der Waals surface area contributed by atoms with Crippen molar-refractivity contribution in [3.63, 3.8) is 0 Å². The molecule has 0 aromatic carbocycles. The maximum Gasteiger partial charge on any atom is 0.225 e. The minimum Gasteiger partial charge on any atom is -0.356 e. The lowest BCUT2D eigenvalue weighted by atomic mass is 10.3. The second kappa shape index (κ2) is 5.11. The molecule has 1 aliphatic rings. The van der Waals surface area contributed by atoms with Crippen LogP contribution in [-0.2, 0) is 14.3 Å². The number of rotatable bonds is 4. The summed E-state index contributed by atoms with van der Waals surface area (Å²) in [5.74, 6) is 0.00347. The van der Waals surface area contributed by atoms with E-state index in [2.05, 4.69) is 5.32 Å². The molecule has 70 valence electrons. The molecular weight excluding hydrogens is 158 g/mol. The zero-order chi connectivity index (χ0) is 8.81. The smallest absolute Gasteiger partial charge is 0.225 e. The summed E-state index contributed by atoms with van der Waals surface area (Å²) in [7, 11) is 0. The Morgan fingerprint density at radius 2 is 2.17 bits per heavy atom. The van der Waals surface area contributed by atoms with Crippen LogP contribution in [-0.4, -0.2) is 32.0 Å². The van der Waals surface area contributed by atoms with Crippen molar-refractivity contribution in [2.45, 2.75) is 26.1 Å². The molecule has 4 heteroatoms. The van der Waals surface area contributed by atoms with Gasteiger partial charge in [-0.25, -0.2) is 0 Å². The first kappa shape index (κ1) is 9.48. The first-order valence-corrected chi connectivity index (χ1v) is 4.33. The Morgan fingerprint density at radius 3 is 2.75 bits per heavy atom. The second-order valence-corrected chi connectivity index (χ2v) is 2.73. The predicted octanol–water partition coefficient (Wildman–Crippen LogP) is 0.276. The third kappa shape index (κ3) is 3.19. The Hall–Kier alpha value is -0.610. The van der Waals surface area contributed by atoms with Crippen LogP contribution in [0.15, 0.2) is 0 Å². The fraction of sp³-hybridized carbons (Fsp3) is 0.875. The average molecular weight is 173 g/mol. The van der Waals surface area contributed by atoms with Crippen LogP contribution in [0.4, 0.5) is 0 Å². The molecule has 0 aromatic rings. The average Bonchev–Trinajstić information content (AvgIpc) is 2.53. The van der Waals surface area contributed by atoms with Gasteiger partial charge in [0.05, 0.1) is 19.6 Å². The van der Waals surface area contributed by atoms with Gasteiger partial charge in [0.2, 0.25) is 5.91 Å². The van der Waals surface area contributed by atoms with E-state index in [0.717, 1.165) is 13.0 Å². The fourth-order valence-electron chi connectivity index (χ4n) is 1.01. The highest BCUT2D eigenvalue weighted by Gasteiger charge is 2.18. The highest BCUT2D eigenvalue weighted by atomic mass is 16.7. The molecule has 1 heterocycles. The summed E-state index contributed by atoms with van der Waals surface area (Å²) in [5, 5.41) is 2.76. The molecule has 1 aliphatic heterocycles. The third-order valence-corrected chi connectivity index (χ3v) is 1.62. The maximum atomic E-state index is 11.1. The number of hydrogen-bond acceptors (Lipinski definition) is 3. The molecule has 0 bridgehead atoms. The van der Waals surface area contributed by atoms with Crippen molar-refractivity contribution < 1.29 is 14.3 Å². The van der Waals surface area contributed by atoms with Gasteiger partial charge in [-0.15, -0.1) is 0 Å². The molecular formula is C8H15NO3. The van der Waals surface area contributed by atoms with Gasteiger partial charge in [0.1, 0.15) is 0 Å². The van der Waals surface area contributed by atoms with E-state index in [-0.39, 0.29) is 12.2 Å². The van der Waals surface area contributed by atoms with Crippen LogP contribution in [0, 0.1) is 0 Å². The molecule has 1 amide bonds. The van der Waals surface area contributed by atoms with Gasteiger partial charge < -0.3 is 14.8 Å². The summed E-state index contributed by atoms with van der Waals surface area (Å²) in [6, 6.07) is 0. The van der Waals surface area contributed by atoms with E-state index in [1.54, 1.807) is 0 Å². The number of carbonyl (C=O) groups excluding carboxylic acids is 1. The molecule has 4 nitrogen and oxygen atoms in total. The Kier molecular flexibility index (Phi) is 4.04. The first-order valence-electron chi connectivity index (χ1n) is 4.33. The van der Waals surface area contributed by atoms with Gasteiger partial charge in [0, 0.05) is 6.54 Å². The van der Waals surface area contributed by atoms with Crippen molar-refractivity contribution >= 4 is 5.91 Å². The zero-order valence-electron chi connectivity index (χ0n) is 7.34. The number of carbonyl (C=O) groups is 1. The van der Waals surface area contributed by atoms with Gasteiger partial charge in [-0.1, -0.05) is 6.92 Å². The first-order chi connectivity index (χ1) is 5.83. The van der Waals surface area contributed by atoms with Gasteiger partial charge in [-0.05, 0) is 6.42 Å². The van der Waals surface area contributed by atoms with Crippen LogP contribution >= 0.6 is 0 Å². The van der Waals surface area contributed by atoms with Gasteiger partial charge in [0.25, 0.3) is 0 Å². The van der Waals surface area contributed by atoms with Crippen LogP contribution in [0.3, 0.4) is 0 Å². The summed E-state index contributed by atoms with van der Waals surface area (Å²) in [6.45, 7) is 3.95. The van der Waals surface area contributed by atoms with Gasteiger partial charge in [0.15, 0.2) is 6.29 Å². The predicted molar refractivity (Wildman–Crippen MR) is 43.6 cm³/mol. The van der Waals surface area contributed by atoms with Gasteiger partial charge in [-0.2, -0.15) is 0 Å². The number of amides is 1. The summed E-state index contributed by atoms with van der Waals surface area (Å²) in [5.41, 5.74) is 0. The molecule has 1 N–H and O–H groups in total.